The number of hydrogen-bond donors (Lipinski definition) is 0. The first-order valence-electron chi connectivity index (χ1n) is 9.75. The van der Waals surface area contributed by atoms with Crippen LogP contribution in [0.2, 0.25) is 0 Å². The van der Waals surface area contributed by atoms with Gasteiger partial charge in [-0.15, -0.1) is 0 Å². The average molecular weight is 434 g/mol. The maximum Gasteiger partial charge on any atom is 0.451 e. The molecule has 4 heterocycles. The molecule has 0 bridgehead atoms. The number of hydrogen-bond acceptors (Lipinski definition) is 6. The zero-order chi connectivity index (χ0) is 21.0. The normalized spacial score (nSPS) is 24.9. The van der Waals surface area contributed by atoms with E-state index in [1.54, 1.807) is 0 Å². The van der Waals surface area contributed by atoms with E-state index in [1.165, 1.54) is 11.2 Å². The van der Waals surface area contributed by atoms with Crippen LogP contribution in [0.5, 0.6) is 0 Å². The molecule has 1 unspecified atom stereocenters. The summed E-state index contributed by atoms with van der Waals surface area (Å²) in [7, 11) is -3.89. The van der Waals surface area contributed by atoms with Crippen LogP contribution in [0, 0.1) is 18.3 Å². The minimum Gasteiger partial charge on any atom is -0.381 e. The van der Waals surface area contributed by atoms with Crippen molar-refractivity contribution in [3.8, 4) is 0 Å². The van der Waals surface area contributed by atoms with Crippen LogP contribution in [0.4, 0.5) is 13.2 Å². The third-order valence-corrected chi connectivity index (χ3v) is 8.33. The lowest BCUT2D eigenvalue weighted by atomic mass is 9.72. The molecule has 3 saturated heterocycles. The van der Waals surface area contributed by atoms with Gasteiger partial charge >= 0.3 is 6.18 Å². The fraction of sp³-hybridized carbons (Fsp3) is 0.778. The number of sulfonamides is 1. The number of aryl methyl sites for hydroxylation is 1. The van der Waals surface area contributed by atoms with Crippen LogP contribution in [0.1, 0.15) is 31.3 Å². The Labute approximate surface area is 168 Å². The molecule has 4 rings (SSSR count). The molecule has 29 heavy (non-hydrogen) atoms. The first-order valence-corrected chi connectivity index (χ1v) is 11.2. The number of alkyl halides is 3. The number of halogens is 3. The van der Waals surface area contributed by atoms with E-state index in [-0.39, 0.29) is 16.0 Å². The van der Waals surface area contributed by atoms with Crippen molar-refractivity contribution in [2.24, 2.45) is 11.3 Å². The van der Waals surface area contributed by atoms with Crippen LogP contribution < -0.4 is 0 Å². The summed E-state index contributed by atoms with van der Waals surface area (Å²) in [5.41, 5.74) is -0.232. The Kier molecular flexibility index (Phi) is 5.16. The van der Waals surface area contributed by atoms with Gasteiger partial charge in [0.2, 0.25) is 15.8 Å². The van der Waals surface area contributed by atoms with Gasteiger partial charge in [-0.2, -0.15) is 17.5 Å². The topological polar surface area (TPSA) is 75.6 Å². The second-order valence-corrected chi connectivity index (χ2v) is 10.4. The van der Waals surface area contributed by atoms with E-state index < -0.39 is 22.0 Å². The monoisotopic (exact) mass is 434 g/mol. The van der Waals surface area contributed by atoms with Gasteiger partial charge in [-0.05, 0) is 32.6 Å². The molecule has 3 fully saturated rings. The maximum absolute atomic E-state index is 12.8. The highest BCUT2D eigenvalue weighted by molar-refractivity contribution is 7.89. The molecular formula is C18H25F3N4O3S. The van der Waals surface area contributed by atoms with Gasteiger partial charge in [-0.1, -0.05) is 0 Å². The molecular weight excluding hydrogens is 409 g/mol. The van der Waals surface area contributed by atoms with Crippen molar-refractivity contribution in [3.63, 3.8) is 0 Å². The number of likely N-dealkylation sites (tertiary alicyclic amines) is 1. The smallest absolute Gasteiger partial charge is 0.381 e. The average Bonchev–Trinajstić information content (AvgIpc) is 2.58. The first kappa shape index (κ1) is 21.0. The minimum absolute atomic E-state index is 0.0484. The van der Waals surface area contributed by atoms with Crippen LogP contribution in [-0.2, 0) is 20.9 Å². The first-order chi connectivity index (χ1) is 13.5. The summed E-state index contributed by atoms with van der Waals surface area (Å²) in [5, 5.41) is 0. The largest absolute Gasteiger partial charge is 0.451 e. The summed E-state index contributed by atoms with van der Waals surface area (Å²) < 4.78 is 70.6. The number of rotatable bonds is 4. The Balaban J connectivity index is 1.37. The standard InChI is InChI=1S/C18H25F3N4O3S/c1-12-15(7-22-16(23-12)18(19,20)21)29(26,27)25-10-17(11-25)8-24(9-17)13(2)14-3-5-28-6-4-14/h7,13-14H,3-6,8-11H2,1-2H3. The van der Waals surface area contributed by atoms with Crippen molar-refractivity contribution in [3.05, 3.63) is 17.7 Å². The lowest BCUT2D eigenvalue weighted by Gasteiger charge is -2.61. The molecule has 0 amide bonds. The Morgan fingerprint density at radius 1 is 1.21 bits per heavy atom. The lowest BCUT2D eigenvalue weighted by Crippen LogP contribution is -2.74. The summed E-state index contributed by atoms with van der Waals surface area (Å²) in [4.78, 5) is 8.70. The third-order valence-electron chi connectivity index (χ3n) is 6.43. The zero-order valence-corrected chi connectivity index (χ0v) is 17.3. The molecule has 3 aliphatic rings. The molecule has 1 aromatic rings. The van der Waals surface area contributed by atoms with Gasteiger partial charge in [0.15, 0.2) is 0 Å². The van der Waals surface area contributed by atoms with Crippen LogP contribution in [-0.4, -0.2) is 73.0 Å². The van der Waals surface area contributed by atoms with E-state index in [2.05, 4.69) is 21.8 Å². The second kappa shape index (κ2) is 7.14. The summed E-state index contributed by atoms with van der Waals surface area (Å²) in [6, 6.07) is 0.445. The lowest BCUT2D eigenvalue weighted by molar-refractivity contribution is -0.145. The molecule has 11 heteroatoms. The van der Waals surface area contributed by atoms with Gasteiger partial charge in [0.1, 0.15) is 4.90 Å². The molecule has 0 radical (unpaired) electrons. The Morgan fingerprint density at radius 2 is 1.83 bits per heavy atom. The van der Waals surface area contributed by atoms with Crippen molar-refractivity contribution < 1.29 is 26.3 Å². The molecule has 0 saturated carbocycles. The highest BCUT2D eigenvalue weighted by Gasteiger charge is 2.56. The van der Waals surface area contributed by atoms with Crippen molar-refractivity contribution in [2.75, 3.05) is 39.4 Å². The van der Waals surface area contributed by atoms with Gasteiger partial charge in [-0.25, -0.2) is 18.4 Å². The Bertz CT molecular complexity index is 873. The van der Waals surface area contributed by atoms with Gasteiger partial charge in [0.25, 0.3) is 0 Å². The highest BCUT2D eigenvalue weighted by atomic mass is 32.2. The van der Waals surface area contributed by atoms with Crippen molar-refractivity contribution in [1.29, 1.82) is 0 Å². The molecule has 1 spiro atoms. The maximum atomic E-state index is 12.8. The van der Waals surface area contributed by atoms with E-state index in [1.807, 2.05) is 0 Å². The van der Waals surface area contributed by atoms with Crippen LogP contribution in [0.15, 0.2) is 11.1 Å². The van der Waals surface area contributed by atoms with Gasteiger partial charge in [-0.3, -0.25) is 4.90 Å². The Hall–Kier alpha value is -1.30. The van der Waals surface area contributed by atoms with E-state index in [4.69, 9.17) is 4.74 Å². The molecule has 162 valence electrons. The van der Waals surface area contributed by atoms with Crippen LogP contribution in [0.25, 0.3) is 0 Å². The summed E-state index contributed by atoms with van der Waals surface area (Å²) in [5.74, 6) is -0.723. The van der Waals surface area contributed by atoms with E-state index in [9.17, 15) is 21.6 Å². The fourth-order valence-corrected chi connectivity index (χ4v) is 6.43. The van der Waals surface area contributed by atoms with Crippen LogP contribution >= 0.6 is 0 Å². The predicted molar refractivity (Wildman–Crippen MR) is 97.5 cm³/mol. The van der Waals surface area contributed by atoms with E-state index >= 15 is 0 Å². The molecule has 1 atom stereocenters. The van der Waals surface area contributed by atoms with Crippen LogP contribution in [0.3, 0.4) is 0 Å². The molecule has 1 aromatic heterocycles. The molecule has 3 aliphatic heterocycles. The minimum atomic E-state index is -4.70. The molecule has 0 aliphatic carbocycles. The summed E-state index contributed by atoms with van der Waals surface area (Å²) in [6.45, 7) is 7.54. The third kappa shape index (κ3) is 3.77. The van der Waals surface area contributed by atoms with E-state index in [0.29, 0.717) is 25.0 Å². The van der Waals surface area contributed by atoms with Crippen molar-refractivity contribution >= 4 is 10.0 Å². The van der Waals surface area contributed by atoms with Gasteiger partial charge < -0.3 is 4.74 Å². The predicted octanol–water partition coefficient (Wildman–Crippen LogP) is 1.93. The second-order valence-electron chi connectivity index (χ2n) is 8.51. The van der Waals surface area contributed by atoms with E-state index in [0.717, 1.165) is 45.3 Å². The number of nitrogens with zero attached hydrogens (tertiary/aromatic N) is 4. The Morgan fingerprint density at radius 3 is 2.38 bits per heavy atom. The molecule has 0 N–H and O–H groups in total. The SMILES string of the molecule is Cc1nc(C(F)(F)F)ncc1S(=O)(=O)N1CC2(CN(C(C)C3CCOCC3)C2)C1. The highest BCUT2D eigenvalue weighted by Crippen LogP contribution is 2.44. The number of ether oxygens (including phenoxy) is 1. The quantitative estimate of drug-likeness (QED) is 0.721. The van der Waals surface area contributed by atoms with Gasteiger partial charge in [0, 0.05) is 50.8 Å². The van der Waals surface area contributed by atoms with Crippen molar-refractivity contribution in [1.82, 2.24) is 19.2 Å². The van der Waals surface area contributed by atoms with Crippen molar-refractivity contribution in [2.45, 2.75) is 43.8 Å². The van der Waals surface area contributed by atoms with Gasteiger partial charge in [0.05, 0.1) is 11.9 Å². The number of aromatic nitrogens is 2. The summed E-state index contributed by atoms with van der Waals surface area (Å²) >= 11 is 0. The fourth-order valence-electron chi connectivity index (χ4n) is 4.66. The zero-order valence-electron chi connectivity index (χ0n) is 16.4. The summed E-state index contributed by atoms with van der Waals surface area (Å²) in [6.07, 6.45) is -1.83. The molecule has 7 nitrogen and oxygen atoms in total. The molecule has 0 aromatic carbocycles.